The highest BCUT2D eigenvalue weighted by atomic mass is 19.4. The molecule has 0 radical (unpaired) electrons. The van der Waals surface area contributed by atoms with Gasteiger partial charge in [0.15, 0.2) is 0 Å². The van der Waals surface area contributed by atoms with Crippen molar-refractivity contribution >= 4 is 35.6 Å². The van der Waals surface area contributed by atoms with Crippen molar-refractivity contribution in [3.05, 3.63) is 71.8 Å². The van der Waals surface area contributed by atoms with Crippen LogP contribution in [0.2, 0.25) is 0 Å². The number of likely N-dealkylation sites (tertiary alicyclic amines) is 1. The minimum atomic E-state index is -5.08. The Morgan fingerprint density at radius 1 is 0.746 bits per heavy atom. The van der Waals surface area contributed by atoms with Gasteiger partial charge in [0.05, 0.1) is 6.04 Å². The van der Waals surface area contributed by atoms with E-state index in [4.69, 9.17) is 21.4 Å². The maximum absolute atomic E-state index is 14.0. The molecule has 1 aliphatic rings. The molecule has 1 saturated heterocycles. The number of hydrogen-bond acceptors (Lipinski definition) is 9. The van der Waals surface area contributed by atoms with Crippen molar-refractivity contribution < 1.29 is 52.2 Å². The number of aliphatic carboxylic acids is 2. The Morgan fingerprint density at radius 2 is 1.22 bits per heavy atom. The number of nitrogens with two attached hydrogens (primary N) is 2. The third-order valence-corrected chi connectivity index (χ3v) is 9.61. The van der Waals surface area contributed by atoms with Crippen molar-refractivity contribution in [1.82, 2.24) is 26.2 Å². The Kier molecular flexibility index (Phi) is 20.5. The minimum absolute atomic E-state index is 0.00422. The molecule has 4 amide bonds. The quantitative estimate of drug-likeness (QED) is 0.0901. The first kappa shape index (κ1) is 50.1. The van der Waals surface area contributed by atoms with Gasteiger partial charge in [0.2, 0.25) is 23.6 Å². The molecule has 0 unspecified atom stereocenters. The van der Waals surface area contributed by atoms with Crippen molar-refractivity contribution in [2.45, 2.75) is 121 Å². The highest BCUT2D eigenvalue weighted by molar-refractivity contribution is 5.95. The molecule has 10 N–H and O–H groups in total. The predicted molar refractivity (Wildman–Crippen MR) is 215 cm³/mol. The number of unbranched alkanes of at least 4 members (excludes halogenated alkanes) is 1. The molecule has 1 heterocycles. The number of piperidine rings is 1. The van der Waals surface area contributed by atoms with Crippen LogP contribution in [0.5, 0.6) is 0 Å². The van der Waals surface area contributed by atoms with Gasteiger partial charge in [-0.3, -0.25) is 24.0 Å². The zero-order chi connectivity index (χ0) is 44.3. The molecule has 0 aliphatic carbocycles. The van der Waals surface area contributed by atoms with Crippen molar-refractivity contribution in [3.63, 3.8) is 0 Å². The summed E-state index contributed by atoms with van der Waals surface area (Å²) in [5.74, 6) is -5.72. The summed E-state index contributed by atoms with van der Waals surface area (Å²) in [7, 11) is 0. The Morgan fingerprint density at radius 3 is 1.69 bits per heavy atom. The molecule has 328 valence electrons. The van der Waals surface area contributed by atoms with E-state index in [0.717, 1.165) is 24.1 Å². The van der Waals surface area contributed by atoms with Crippen LogP contribution in [0, 0.1) is 5.92 Å². The summed E-state index contributed by atoms with van der Waals surface area (Å²) in [6, 6.07) is 15.1. The van der Waals surface area contributed by atoms with Gasteiger partial charge in [0.1, 0.15) is 23.7 Å². The van der Waals surface area contributed by atoms with E-state index in [0.29, 0.717) is 18.9 Å². The van der Waals surface area contributed by atoms with Crippen LogP contribution in [0.1, 0.15) is 77.3 Å². The monoisotopic (exact) mass is 835 g/mol. The zero-order valence-electron chi connectivity index (χ0n) is 34.1. The Balaban J connectivity index is 0.00000157. The summed E-state index contributed by atoms with van der Waals surface area (Å²) in [6.45, 7) is 9.02. The lowest BCUT2D eigenvalue weighted by atomic mass is 9.88. The number of amides is 4. The van der Waals surface area contributed by atoms with Gasteiger partial charge in [-0.15, -0.1) is 0 Å². The highest BCUT2D eigenvalue weighted by Crippen LogP contribution is 2.22. The van der Waals surface area contributed by atoms with E-state index in [-0.39, 0.29) is 57.0 Å². The summed E-state index contributed by atoms with van der Waals surface area (Å²) in [4.78, 5) is 77.2. The van der Waals surface area contributed by atoms with Crippen LogP contribution >= 0.6 is 0 Å². The summed E-state index contributed by atoms with van der Waals surface area (Å²) in [6.07, 6.45) is -2.35. The van der Waals surface area contributed by atoms with Gasteiger partial charge >= 0.3 is 18.1 Å². The van der Waals surface area contributed by atoms with Gasteiger partial charge in [-0.2, -0.15) is 13.2 Å². The molecule has 4 atom stereocenters. The standard InChI is InChI=1S/C39H59N7O6.C2HF3O2/c1-26(2)23-32(35(48)43-31(17-11-12-20-42-27(3)4)37(50)46-21-18-39(41,19-22-46)38(51)52)45-36(49)33(25-29-15-9-6-10-16-29)44-34(47)30(40)24-28-13-7-5-8-14-28;3-2(4,5)1(6)7/h5-10,13-16,26-27,30-33,42H,11-12,17-25,40-41H2,1-4H3,(H,43,48)(H,44,47)(H,45,49)(H,51,52);(H,6,7)/t30-,31-,32-,33-;/m1./s1. The second-order valence-corrected chi connectivity index (χ2v) is 15.5. The van der Waals surface area contributed by atoms with E-state index in [2.05, 4.69) is 35.1 Å². The number of carbonyl (C=O) groups excluding carboxylic acids is 4. The fourth-order valence-electron chi connectivity index (χ4n) is 6.23. The molecule has 59 heavy (non-hydrogen) atoms. The van der Waals surface area contributed by atoms with E-state index < -0.39 is 65.5 Å². The molecule has 1 aliphatic heterocycles. The molecule has 3 rings (SSSR count). The Hall–Kier alpha value is -5.07. The van der Waals surface area contributed by atoms with E-state index in [1.807, 2.05) is 74.5 Å². The van der Waals surface area contributed by atoms with Crippen LogP contribution in [0.25, 0.3) is 0 Å². The topological polar surface area (TPSA) is 246 Å². The molecule has 2 aromatic rings. The lowest BCUT2D eigenvalue weighted by molar-refractivity contribution is -0.192. The second-order valence-electron chi connectivity index (χ2n) is 15.5. The maximum atomic E-state index is 14.0. The number of carboxylic acid groups (broad SMARTS) is 2. The van der Waals surface area contributed by atoms with E-state index in [1.54, 1.807) is 4.90 Å². The van der Waals surface area contributed by atoms with E-state index >= 15 is 0 Å². The van der Waals surface area contributed by atoms with E-state index in [9.17, 15) is 42.3 Å². The highest BCUT2D eigenvalue weighted by Gasteiger charge is 2.41. The van der Waals surface area contributed by atoms with Gasteiger partial charge in [0.25, 0.3) is 0 Å². The van der Waals surface area contributed by atoms with Gasteiger partial charge < -0.3 is 47.8 Å². The van der Waals surface area contributed by atoms with Crippen LogP contribution in [-0.2, 0) is 41.6 Å². The SMILES string of the molecule is CC(C)C[C@@H](NC(=O)[C@@H](Cc1ccccc1)NC(=O)[C@H](N)Cc1ccccc1)C(=O)N[C@H](CCCCNC(C)C)C(=O)N1CCC(N)(C(=O)O)CC1.O=C(O)C(F)(F)F. The van der Waals surface area contributed by atoms with Crippen molar-refractivity contribution in [1.29, 1.82) is 0 Å². The summed E-state index contributed by atoms with van der Waals surface area (Å²) < 4.78 is 31.7. The first-order valence-electron chi connectivity index (χ1n) is 19.7. The average Bonchev–Trinajstić information content (AvgIpc) is 3.17. The van der Waals surface area contributed by atoms with E-state index in [1.165, 1.54) is 0 Å². The van der Waals surface area contributed by atoms with Crippen molar-refractivity contribution in [2.24, 2.45) is 17.4 Å². The van der Waals surface area contributed by atoms with Crippen LogP contribution in [-0.4, -0.2) is 112 Å². The fraction of sp³-hybridized carbons (Fsp3) is 0.561. The Bertz CT molecular complexity index is 1660. The number of carboxylic acids is 2. The molecule has 0 bridgehead atoms. The zero-order valence-corrected chi connectivity index (χ0v) is 34.1. The lowest BCUT2D eigenvalue weighted by Gasteiger charge is -2.38. The maximum Gasteiger partial charge on any atom is 0.490 e. The first-order chi connectivity index (χ1) is 27.6. The van der Waals surface area contributed by atoms with Crippen LogP contribution in [0.15, 0.2) is 60.7 Å². The summed E-state index contributed by atoms with van der Waals surface area (Å²) >= 11 is 0. The molecular formula is C41H60F3N7O8. The van der Waals surface area contributed by atoms with Gasteiger partial charge in [-0.1, -0.05) is 88.4 Å². The van der Waals surface area contributed by atoms with Crippen LogP contribution in [0.4, 0.5) is 13.2 Å². The van der Waals surface area contributed by atoms with Gasteiger partial charge in [-0.25, -0.2) is 4.79 Å². The van der Waals surface area contributed by atoms with Crippen LogP contribution in [0.3, 0.4) is 0 Å². The van der Waals surface area contributed by atoms with Crippen LogP contribution < -0.4 is 32.7 Å². The third kappa shape index (κ3) is 18.2. The smallest absolute Gasteiger partial charge is 0.480 e. The number of nitrogens with one attached hydrogen (secondary N) is 4. The summed E-state index contributed by atoms with van der Waals surface area (Å²) in [5, 5.41) is 28.7. The molecule has 2 aromatic carbocycles. The van der Waals surface area contributed by atoms with Gasteiger partial charge in [-0.05, 0) is 68.5 Å². The lowest BCUT2D eigenvalue weighted by Crippen LogP contribution is -2.60. The molecule has 0 saturated carbocycles. The van der Waals surface area contributed by atoms with Crippen molar-refractivity contribution in [2.75, 3.05) is 19.6 Å². The largest absolute Gasteiger partial charge is 0.490 e. The molecule has 18 heteroatoms. The average molecular weight is 836 g/mol. The number of carbonyl (C=O) groups is 6. The Labute approximate surface area is 343 Å². The number of nitrogens with zero attached hydrogens (tertiary/aromatic N) is 1. The number of alkyl halides is 3. The molecular weight excluding hydrogens is 775 g/mol. The predicted octanol–water partition coefficient (Wildman–Crippen LogP) is 2.51. The molecule has 1 fully saturated rings. The molecule has 0 aromatic heterocycles. The number of hydrogen-bond donors (Lipinski definition) is 8. The fourth-order valence-corrected chi connectivity index (χ4v) is 6.23. The number of rotatable bonds is 20. The molecule has 15 nitrogen and oxygen atoms in total. The normalized spacial score (nSPS) is 15.8. The minimum Gasteiger partial charge on any atom is -0.480 e. The number of benzene rings is 2. The number of halogens is 3. The van der Waals surface area contributed by atoms with Crippen molar-refractivity contribution in [3.8, 4) is 0 Å². The molecule has 0 spiro atoms. The first-order valence-corrected chi connectivity index (χ1v) is 19.7. The summed E-state index contributed by atoms with van der Waals surface area (Å²) in [5.41, 5.74) is 12.6. The van der Waals surface area contributed by atoms with Gasteiger partial charge in [0, 0.05) is 25.6 Å². The second kappa shape index (κ2) is 24.1. The third-order valence-electron chi connectivity index (χ3n) is 9.61.